The first-order valence-electron chi connectivity index (χ1n) is 10.7. The van der Waals surface area contributed by atoms with Crippen LogP contribution in [0.3, 0.4) is 0 Å². The van der Waals surface area contributed by atoms with Gasteiger partial charge in [0.25, 0.3) is 0 Å². The molecule has 5 rings (SSSR count). The van der Waals surface area contributed by atoms with E-state index in [2.05, 4.69) is 0 Å². The summed E-state index contributed by atoms with van der Waals surface area (Å²) < 4.78 is 22.2. The number of carbonyl (C=O) groups is 1. The fourth-order valence-corrected chi connectivity index (χ4v) is 4.10. The first-order chi connectivity index (χ1) is 16.9. The number of benzene rings is 3. The summed E-state index contributed by atoms with van der Waals surface area (Å²) in [5.41, 5.74) is 0.869. The molecule has 0 unspecified atom stereocenters. The van der Waals surface area contributed by atoms with Crippen molar-refractivity contribution in [2.24, 2.45) is 0 Å². The van der Waals surface area contributed by atoms with Crippen LogP contribution in [0.4, 0.5) is 0 Å². The Hall–Kier alpha value is -4.72. The normalized spacial score (nSPS) is 11.1. The van der Waals surface area contributed by atoms with Gasteiger partial charge < -0.3 is 28.5 Å². The van der Waals surface area contributed by atoms with E-state index in [0.29, 0.717) is 22.4 Å². The third kappa shape index (κ3) is 3.65. The van der Waals surface area contributed by atoms with E-state index in [9.17, 15) is 19.8 Å². The Bertz CT molecular complexity index is 1630. The number of methoxy groups -OCH3 is 2. The molecule has 0 aliphatic carbocycles. The van der Waals surface area contributed by atoms with Crippen LogP contribution in [0.15, 0.2) is 74.3 Å². The van der Waals surface area contributed by atoms with Gasteiger partial charge in [-0.15, -0.1) is 0 Å². The molecular formula is C27H20O8. The zero-order chi connectivity index (χ0) is 24.7. The first kappa shape index (κ1) is 22.1. The van der Waals surface area contributed by atoms with Gasteiger partial charge in [-0.25, -0.2) is 0 Å². The third-order valence-corrected chi connectivity index (χ3v) is 5.82. The summed E-state index contributed by atoms with van der Waals surface area (Å²) in [6.45, 7) is 0. The minimum Gasteiger partial charge on any atom is -0.504 e. The van der Waals surface area contributed by atoms with E-state index < -0.39 is 22.9 Å². The molecule has 0 atom stereocenters. The van der Waals surface area contributed by atoms with Crippen LogP contribution >= 0.6 is 0 Å². The summed E-state index contributed by atoms with van der Waals surface area (Å²) in [7, 11) is 2.80. The Labute approximate surface area is 198 Å². The molecule has 0 spiro atoms. The molecule has 3 aromatic carbocycles. The van der Waals surface area contributed by atoms with Gasteiger partial charge in [0.2, 0.25) is 5.75 Å². The number of aromatic hydroxyl groups is 2. The molecule has 0 fully saturated rings. The molecule has 0 saturated heterocycles. The van der Waals surface area contributed by atoms with Crippen molar-refractivity contribution in [2.75, 3.05) is 14.2 Å². The van der Waals surface area contributed by atoms with E-state index in [-0.39, 0.29) is 39.9 Å². The van der Waals surface area contributed by atoms with Gasteiger partial charge in [-0.05, 0) is 24.3 Å². The standard InChI is InChI=1S/C27H20O8/c1-32-16-10-8-15(9-11-16)25-17(12-20(29)33-2)21-26-22(23(30)24(31)27(21)35-25)18(28)13-19(34-26)14-6-4-3-5-7-14/h3-11,13,30-31H,12H2,1-2H3. The summed E-state index contributed by atoms with van der Waals surface area (Å²) in [6.07, 6.45) is -0.233. The predicted molar refractivity (Wildman–Crippen MR) is 129 cm³/mol. The Morgan fingerprint density at radius 3 is 2.23 bits per heavy atom. The van der Waals surface area contributed by atoms with Gasteiger partial charge in [0, 0.05) is 22.8 Å². The third-order valence-electron chi connectivity index (χ3n) is 5.82. The van der Waals surface area contributed by atoms with E-state index in [1.165, 1.54) is 20.3 Å². The monoisotopic (exact) mass is 472 g/mol. The number of furan rings is 1. The summed E-state index contributed by atoms with van der Waals surface area (Å²) in [5, 5.41) is 21.4. The highest BCUT2D eigenvalue weighted by Crippen LogP contribution is 2.47. The minimum atomic E-state index is -0.666. The Morgan fingerprint density at radius 2 is 1.57 bits per heavy atom. The quantitative estimate of drug-likeness (QED) is 0.271. The van der Waals surface area contributed by atoms with E-state index in [1.807, 2.05) is 6.07 Å². The molecule has 0 bridgehead atoms. The lowest BCUT2D eigenvalue weighted by atomic mass is 10.00. The highest BCUT2D eigenvalue weighted by Gasteiger charge is 2.28. The SMILES string of the molecule is COC(=O)Cc1c(-c2ccc(OC)cc2)oc2c(O)c(O)c3c(=O)cc(-c4ccccc4)oc3c12. The summed E-state index contributed by atoms with van der Waals surface area (Å²) in [5.74, 6) is -0.735. The van der Waals surface area contributed by atoms with E-state index in [4.69, 9.17) is 18.3 Å². The average molecular weight is 472 g/mol. The van der Waals surface area contributed by atoms with Crippen molar-refractivity contribution in [3.8, 4) is 39.9 Å². The van der Waals surface area contributed by atoms with Crippen molar-refractivity contribution in [3.63, 3.8) is 0 Å². The average Bonchev–Trinajstić information content (AvgIpc) is 3.26. The second-order valence-corrected chi connectivity index (χ2v) is 7.84. The molecular weight excluding hydrogens is 452 g/mol. The van der Waals surface area contributed by atoms with Crippen LogP contribution in [-0.2, 0) is 16.0 Å². The molecule has 0 aliphatic heterocycles. The molecule has 0 radical (unpaired) electrons. The fraction of sp³-hybridized carbons (Fsp3) is 0.111. The van der Waals surface area contributed by atoms with E-state index in [0.717, 1.165) is 0 Å². The number of hydrogen-bond donors (Lipinski definition) is 2. The van der Waals surface area contributed by atoms with Crippen LogP contribution in [0.2, 0.25) is 0 Å². The van der Waals surface area contributed by atoms with Crippen molar-refractivity contribution in [1.29, 1.82) is 0 Å². The van der Waals surface area contributed by atoms with Crippen LogP contribution in [0.5, 0.6) is 17.2 Å². The number of hydrogen-bond acceptors (Lipinski definition) is 8. The predicted octanol–water partition coefficient (Wildman–Crippen LogP) is 5.01. The molecule has 0 saturated carbocycles. The molecule has 0 amide bonds. The van der Waals surface area contributed by atoms with Crippen LogP contribution < -0.4 is 10.2 Å². The van der Waals surface area contributed by atoms with Crippen molar-refractivity contribution in [2.45, 2.75) is 6.42 Å². The Kier molecular flexibility index (Phi) is 5.41. The zero-order valence-corrected chi connectivity index (χ0v) is 18.8. The van der Waals surface area contributed by atoms with Crippen LogP contribution in [0.25, 0.3) is 44.6 Å². The topological polar surface area (TPSA) is 119 Å². The number of phenols is 2. The molecule has 8 heteroatoms. The lowest BCUT2D eigenvalue weighted by molar-refractivity contribution is -0.139. The highest BCUT2D eigenvalue weighted by atomic mass is 16.5. The number of fused-ring (bicyclic) bond motifs is 3. The molecule has 2 heterocycles. The summed E-state index contributed by atoms with van der Waals surface area (Å²) >= 11 is 0. The maximum atomic E-state index is 13.1. The van der Waals surface area contributed by atoms with Crippen molar-refractivity contribution >= 4 is 27.9 Å². The fourth-order valence-electron chi connectivity index (χ4n) is 4.10. The van der Waals surface area contributed by atoms with E-state index in [1.54, 1.807) is 48.5 Å². The van der Waals surface area contributed by atoms with Crippen LogP contribution in [0, 0.1) is 0 Å². The molecule has 8 nitrogen and oxygen atoms in total. The van der Waals surface area contributed by atoms with Crippen LogP contribution in [0.1, 0.15) is 5.56 Å². The number of carbonyl (C=O) groups excluding carboxylic acids is 1. The lowest BCUT2D eigenvalue weighted by Crippen LogP contribution is -2.06. The van der Waals surface area contributed by atoms with Gasteiger partial charge >= 0.3 is 5.97 Å². The maximum Gasteiger partial charge on any atom is 0.310 e. The second kappa shape index (κ2) is 8.57. The number of phenolic OH excluding ortho intramolecular Hbond substituents is 2. The number of ether oxygens (including phenoxy) is 2. The van der Waals surface area contributed by atoms with Crippen molar-refractivity contribution < 1.29 is 33.3 Å². The first-order valence-corrected chi connectivity index (χ1v) is 10.7. The van der Waals surface area contributed by atoms with Gasteiger partial charge in [-0.1, -0.05) is 30.3 Å². The van der Waals surface area contributed by atoms with Gasteiger partial charge in [0.1, 0.15) is 22.7 Å². The molecule has 2 aromatic heterocycles. The Morgan fingerprint density at radius 1 is 0.857 bits per heavy atom. The van der Waals surface area contributed by atoms with Gasteiger partial charge in [0.05, 0.1) is 26.0 Å². The largest absolute Gasteiger partial charge is 0.504 e. The number of esters is 1. The Balaban J connectivity index is 1.91. The summed E-state index contributed by atoms with van der Waals surface area (Å²) in [4.78, 5) is 25.4. The smallest absolute Gasteiger partial charge is 0.310 e. The molecule has 2 N–H and O–H groups in total. The van der Waals surface area contributed by atoms with E-state index >= 15 is 0 Å². The second-order valence-electron chi connectivity index (χ2n) is 7.84. The van der Waals surface area contributed by atoms with Gasteiger partial charge in [-0.2, -0.15) is 0 Å². The van der Waals surface area contributed by atoms with Crippen molar-refractivity contribution in [1.82, 2.24) is 0 Å². The van der Waals surface area contributed by atoms with Crippen molar-refractivity contribution in [3.05, 3.63) is 76.5 Å². The minimum absolute atomic E-state index is 0.0101. The molecule has 5 aromatic rings. The maximum absolute atomic E-state index is 13.1. The molecule has 35 heavy (non-hydrogen) atoms. The molecule has 0 aliphatic rings. The van der Waals surface area contributed by atoms with Gasteiger partial charge in [-0.3, -0.25) is 9.59 Å². The lowest BCUT2D eigenvalue weighted by Gasteiger charge is -2.08. The number of rotatable bonds is 5. The highest BCUT2D eigenvalue weighted by molar-refractivity contribution is 6.13. The van der Waals surface area contributed by atoms with Crippen LogP contribution in [-0.4, -0.2) is 30.4 Å². The zero-order valence-electron chi connectivity index (χ0n) is 18.8. The van der Waals surface area contributed by atoms with Gasteiger partial charge in [0.15, 0.2) is 22.3 Å². The molecule has 176 valence electrons. The summed E-state index contributed by atoms with van der Waals surface area (Å²) in [6, 6.07) is 17.1.